The van der Waals surface area contributed by atoms with Gasteiger partial charge in [-0.1, -0.05) is 5.46 Å². The molecule has 0 saturated heterocycles. The summed E-state index contributed by atoms with van der Waals surface area (Å²) in [7, 11) is 1.22. The van der Waals surface area contributed by atoms with Crippen molar-refractivity contribution in [3.63, 3.8) is 0 Å². The van der Waals surface area contributed by atoms with Crippen molar-refractivity contribution in [1.29, 1.82) is 0 Å². The molecule has 0 bridgehead atoms. The molecule has 0 spiro atoms. The van der Waals surface area contributed by atoms with E-state index in [4.69, 9.17) is 4.74 Å². The molecular formula is C14H11BF4O. The van der Waals surface area contributed by atoms with Crippen LogP contribution in [0.4, 0.5) is 17.6 Å². The van der Waals surface area contributed by atoms with Gasteiger partial charge in [0.2, 0.25) is 0 Å². The lowest BCUT2D eigenvalue weighted by atomic mass is 9.62. The van der Waals surface area contributed by atoms with Crippen LogP contribution in [0, 0.1) is 30.2 Å². The standard InChI is InChI=1S/C14H11BF4O/c1-7-10(3-8(16)5-12(7)18)15-11-4-9(17)6-13(19)14(11)20-2/h3-6,15H,1-2H3. The monoisotopic (exact) mass is 282 g/mol. The number of methoxy groups -OCH3 is 1. The molecule has 0 radical (unpaired) electrons. The van der Waals surface area contributed by atoms with Gasteiger partial charge in [-0.2, -0.15) is 0 Å². The number of halogens is 4. The fraction of sp³-hybridized carbons (Fsp3) is 0.143. The van der Waals surface area contributed by atoms with Gasteiger partial charge >= 0.3 is 0 Å². The van der Waals surface area contributed by atoms with Crippen molar-refractivity contribution in [1.82, 2.24) is 0 Å². The van der Waals surface area contributed by atoms with Gasteiger partial charge in [0.15, 0.2) is 13.1 Å². The molecule has 0 fully saturated rings. The van der Waals surface area contributed by atoms with Crippen molar-refractivity contribution in [2.45, 2.75) is 6.92 Å². The van der Waals surface area contributed by atoms with Gasteiger partial charge in [0, 0.05) is 12.1 Å². The maximum atomic E-state index is 13.6. The Morgan fingerprint density at radius 2 is 1.40 bits per heavy atom. The van der Waals surface area contributed by atoms with Crippen molar-refractivity contribution in [2.24, 2.45) is 0 Å². The van der Waals surface area contributed by atoms with Crippen molar-refractivity contribution >= 4 is 18.2 Å². The van der Waals surface area contributed by atoms with E-state index in [1.165, 1.54) is 14.0 Å². The van der Waals surface area contributed by atoms with E-state index in [0.29, 0.717) is 11.5 Å². The van der Waals surface area contributed by atoms with Crippen LogP contribution in [0.1, 0.15) is 5.56 Å². The maximum Gasteiger partial charge on any atom is 0.198 e. The van der Waals surface area contributed by atoms with E-state index in [9.17, 15) is 17.6 Å². The summed E-state index contributed by atoms with van der Waals surface area (Å²) in [5.74, 6) is -3.19. The third-order valence-corrected chi connectivity index (χ3v) is 3.09. The molecule has 6 heteroatoms. The fourth-order valence-corrected chi connectivity index (χ4v) is 2.06. The summed E-state index contributed by atoms with van der Waals surface area (Å²) in [4.78, 5) is 0. The summed E-state index contributed by atoms with van der Waals surface area (Å²) in [6, 6.07) is 3.69. The molecule has 2 aromatic carbocycles. The predicted molar refractivity (Wildman–Crippen MR) is 70.4 cm³/mol. The van der Waals surface area contributed by atoms with Gasteiger partial charge < -0.3 is 4.74 Å². The second kappa shape index (κ2) is 5.57. The minimum Gasteiger partial charge on any atom is -0.494 e. The number of hydrogen-bond donors (Lipinski definition) is 0. The molecule has 0 heterocycles. The number of rotatable bonds is 3. The Labute approximate surface area is 114 Å². The second-order valence-electron chi connectivity index (χ2n) is 4.43. The molecule has 104 valence electrons. The largest absolute Gasteiger partial charge is 0.494 e. The van der Waals surface area contributed by atoms with Crippen LogP contribution < -0.4 is 15.7 Å². The van der Waals surface area contributed by atoms with Crippen LogP contribution in [0.25, 0.3) is 0 Å². The minimum atomic E-state index is -0.850. The van der Waals surface area contributed by atoms with Crippen molar-refractivity contribution < 1.29 is 22.3 Å². The maximum absolute atomic E-state index is 13.6. The summed E-state index contributed by atoms with van der Waals surface area (Å²) in [6.45, 7) is 1.48. The molecule has 20 heavy (non-hydrogen) atoms. The summed E-state index contributed by atoms with van der Waals surface area (Å²) in [5, 5.41) is 0. The van der Waals surface area contributed by atoms with E-state index in [-0.39, 0.29) is 24.1 Å². The normalized spacial score (nSPS) is 10.5. The molecule has 0 aliphatic heterocycles. The van der Waals surface area contributed by atoms with Crippen molar-refractivity contribution in [2.75, 3.05) is 7.11 Å². The summed E-state index contributed by atoms with van der Waals surface area (Å²) in [5.41, 5.74) is 0.738. The quantitative estimate of drug-likeness (QED) is 0.617. The average Bonchev–Trinajstić information content (AvgIpc) is 2.35. The lowest BCUT2D eigenvalue weighted by Gasteiger charge is -2.11. The van der Waals surface area contributed by atoms with E-state index in [2.05, 4.69) is 0 Å². The molecule has 0 aromatic heterocycles. The highest BCUT2D eigenvalue weighted by Gasteiger charge is 2.16. The molecule has 0 saturated carbocycles. The van der Waals surface area contributed by atoms with E-state index in [1.807, 2.05) is 0 Å². The van der Waals surface area contributed by atoms with Gasteiger partial charge in [-0.05, 0) is 30.1 Å². The number of ether oxygens (including phenoxy) is 1. The zero-order valence-electron chi connectivity index (χ0n) is 10.9. The minimum absolute atomic E-state index is 0.0294. The van der Waals surface area contributed by atoms with Gasteiger partial charge in [-0.15, -0.1) is 0 Å². The Hall–Kier alpha value is -1.98. The zero-order chi connectivity index (χ0) is 14.9. The summed E-state index contributed by atoms with van der Waals surface area (Å²) in [6.07, 6.45) is 0. The Morgan fingerprint density at radius 3 is 2.00 bits per heavy atom. The highest BCUT2D eigenvalue weighted by Crippen LogP contribution is 2.15. The lowest BCUT2D eigenvalue weighted by molar-refractivity contribution is 0.388. The van der Waals surface area contributed by atoms with E-state index in [1.54, 1.807) is 0 Å². The van der Waals surface area contributed by atoms with Crippen LogP contribution >= 0.6 is 0 Å². The van der Waals surface area contributed by atoms with E-state index >= 15 is 0 Å². The number of hydrogen-bond acceptors (Lipinski definition) is 1. The topological polar surface area (TPSA) is 9.23 Å². The highest BCUT2D eigenvalue weighted by atomic mass is 19.1. The lowest BCUT2D eigenvalue weighted by Crippen LogP contribution is -2.32. The van der Waals surface area contributed by atoms with Crippen molar-refractivity contribution in [3.05, 3.63) is 53.1 Å². The van der Waals surface area contributed by atoms with Crippen LogP contribution in [0.5, 0.6) is 5.75 Å². The van der Waals surface area contributed by atoms with Crippen LogP contribution in [-0.2, 0) is 0 Å². The Kier molecular flexibility index (Phi) is 4.02. The van der Waals surface area contributed by atoms with Crippen LogP contribution in [0.15, 0.2) is 24.3 Å². The smallest absolute Gasteiger partial charge is 0.198 e. The van der Waals surface area contributed by atoms with Gasteiger partial charge in [-0.3, -0.25) is 0 Å². The molecule has 0 N–H and O–H groups in total. The Bertz CT molecular complexity index is 658. The summed E-state index contributed by atoms with van der Waals surface area (Å²) >= 11 is 0. The molecule has 2 rings (SSSR count). The van der Waals surface area contributed by atoms with Gasteiger partial charge in [0.25, 0.3) is 0 Å². The van der Waals surface area contributed by atoms with Gasteiger partial charge in [0.05, 0.1) is 7.11 Å². The van der Waals surface area contributed by atoms with Crippen LogP contribution in [-0.4, -0.2) is 14.4 Å². The molecular weight excluding hydrogens is 271 g/mol. The molecule has 0 aliphatic carbocycles. The molecule has 0 unspecified atom stereocenters. The van der Waals surface area contributed by atoms with E-state index < -0.39 is 23.3 Å². The first-order chi connectivity index (χ1) is 9.42. The van der Waals surface area contributed by atoms with Gasteiger partial charge in [-0.25, -0.2) is 17.6 Å². The molecule has 1 nitrogen and oxygen atoms in total. The summed E-state index contributed by atoms with van der Waals surface area (Å²) < 4.78 is 58.4. The first-order valence-electron chi connectivity index (χ1n) is 5.88. The molecule has 0 amide bonds. The van der Waals surface area contributed by atoms with E-state index in [0.717, 1.165) is 18.2 Å². The van der Waals surface area contributed by atoms with Crippen LogP contribution in [0.3, 0.4) is 0 Å². The van der Waals surface area contributed by atoms with Gasteiger partial charge in [0.1, 0.15) is 23.2 Å². The van der Waals surface area contributed by atoms with Crippen LogP contribution in [0.2, 0.25) is 0 Å². The third kappa shape index (κ3) is 2.79. The Morgan fingerprint density at radius 1 is 0.850 bits per heavy atom. The Balaban J connectivity index is 2.50. The third-order valence-electron chi connectivity index (χ3n) is 3.09. The zero-order valence-corrected chi connectivity index (χ0v) is 10.9. The SMILES string of the molecule is COc1c(F)cc(F)cc1Bc1cc(F)cc(F)c1C. The molecule has 0 atom stereocenters. The number of benzene rings is 2. The second-order valence-corrected chi connectivity index (χ2v) is 4.43. The first kappa shape index (κ1) is 14.4. The predicted octanol–water partition coefficient (Wildman–Crippen LogP) is 1.95. The molecule has 0 aliphatic rings. The van der Waals surface area contributed by atoms with Crippen molar-refractivity contribution in [3.8, 4) is 5.75 Å². The highest BCUT2D eigenvalue weighted by molar-refractivity contribution is 6.68. The first-order valence-corrected chi connectivity index (χ1v) is 5.88. The fourth-order valence-electron chi connectivity index (χ4n) is 2.06. The average molecular weight is 282 g/mol. The molecule has 2 aromatic rings.